The third-order valence-corrected chi connectivity index (χ3v) is 10.2. The molecule has 34 heavy (non-hydrogen) atoms. The molecule has 1 aromatic carbocycles. The summed E-state index contributed by atoms with van der Waals surface area (Å²) < 4.78 is 56.7. The van der Waals surface area contributed by atoms with Gasteiger partial charge in [-0.05, 0) is 45.1 Å². The molecule has 4 rings (SSSR count). The fourth-order valence-corrected chi connectivity index (χ4v) is 8.13. The van der Waals surface area contributed by atoms with Crippen LogP contribution in [-0.2, 0) is 14.8 Å². The maximum Gasteiger partial charge on any atom is 0.253 e. The summed E-state index contributed by atoms with van der Waals surface area (Å²) in [5.74, 6) is -1.98. The van der Waals surface area contributed by atoms with E-state index in [1.165, 1.54) is 27.4 Å². The molecule has 1 atom stereocenters. The summed E-state index contributed by atoms with van der Waals surface area (Å²) in [6, 6.07) is 3.94. The normalized spacial score (nSPS) is 17.5. The number of hydrogen-bond acceptors (Lipinski definition) is 7. The van der Waals surface area contributed by atoms with Gasteiger partial charge >= 0.3 is 0 Å². The number of piperidine rings is 1. The molecule has 0 N–H and O–H groups in total. The summed E-state index contributed by atoms with van der Waals surface area (Å²) in [5, 5.41) is 0.202. The fraction of sp³-hybridized carbons (Fsp3) is 0.429. The highest BCUT2D eigenvalue weighted by Crippen LogP contribution is 2.35. The first-order valence-electron chi connectivity index (χ1n) is 10.6. The predicted molar refractivity (Wildman–Crippen MR) is 131 cm³/mol. The standard InChI is InChI=1S/C21H23ClF2N4O3S3/c1-26(2)9-10-27(21-25-19-14(24)11-13(23)12-16(19)32-21)20(29)15-5-3-4-8-28(15)34(30,31)18-7-6-17(22)33-18/h6-7,11-12,15H,3-5,8-10H2,1-2H3. The summed E-state index contributed by atoms with van der Waals surface area (Å²) in [4.78, 5) is 21.4. The molecule has 3 heterocycles. The molecule has 1 unspecified atom stereocenters. The Morgan fingerprint density at radius 1 is 1.21 bits per heavy atom. The quantitative estimate of drug-likeness (QED) is 0.437. The van der Waals surface area contributed by atoms with Crippen molar-refractivity contribution in [3.63, 3.8) is 0 Å². The average molecular weight is 549 g/mol. The Morgan fingerprint density at radius 2 is 1.97 bits per heavy atom. The second-order valence-electron chi connectivity index (χ2n) is 8.21. The lowest BCUT2D eigenvalue weighted by Gasteiger charge is -2.36. The van der Waals surface area contributed by atoms with E-state index in [1.54, 1.807) is 0 Å². The first kappa shape index (κ1) is 25.4. The van der Waals surface area contributed by atoms with Gasteiger partial charge in [0.1, 0.15) is 21.6 Å². The van der Waals surface area contributed by atoms with E-state index in [4.69, 9.17) is 11.6 Å². The number of thiophene rings is 1. The molecule has 7 nitrogen and oxygen atoms in total. The third kappa shape index (κ3) is 5.12. The maximum absolute atomic E-state index is 14.3. The van der Waals surface area contributed by atoms with Crippen LogP contribution in [0.5, 0.6) is 0 Å². The van der Waals surface area contributed by atoms with Gasteiger partial charge < -0.3 is 4.90 Å². The second-order valence-corrected chi connectivity index (χ2v) is 13.1. The van der Waals surface area contributed by atoms with Crippen LogP contribution in [-0.4, -0.2) is 68.3 Å². The number of hydrogen-bond donors (Lipinski definition) is 0. The van der Waals surface area contributed by atoms with Crippen LogP contribution in [0.1, 0.15) is 19.3 Å². The zero-order chi connectivity index (χ0) is 24.6. The largest absolute Gasteiger partial charge is 0.308 e. The van der Waals surface area contributed by atoms with Crippen molar-refractivity contribution in [1.29, 1.82) is 0 Å². The first-order chi connectivity index (χ1) is 16.1. The van der Waals surface area contributed by atoms with Crippen molar-refractivity contribution in [3.05, 3.63) is 40.2 Å². The van der Waals surface area contributed by atoms with Crippen LogP contribution in [0.15, 0.2) is 28.5 Å². The minimum atomic E-state index is -3.94. The molecule has 3 aromatic rings. The number of benzene rings is 1. The van der Waals surface area contributed by atoms with Crippen LogP contribution in [0.2, 0.25) is 4.34 Å². The van der Waals surface area contributed by atoms with E-state index in [1.807, 2.05) is 19.0 Å². The van der Waals surface area contributed by atoms with E-state index >= 15 is 0 Å². The molecule has 1 fully saturated rings. The molecule has 1 amide bonds. The molecule has 1 saturated heterocycles. The van der Waals surface area contributed by atoms with Crippen LogP contribution >= 0.6 is 34.3 Å². The van der Waals surface area contributed by atoms with E-state index in [0.29, 0.717) is 30.1 Å². The van der Waals surface area contributed by atoms with E-state index in [2.05, 4.69) is 4.98 Å². The lowest BCUT2D eigenvalue weighted by atomic mass is 10.0. The van der Waals surface area contributed by atoms with Crippen molar-refractivity contribution in [2.45, 2.75) is 29.5 Å². The van der Waals surface area contributed by atoms with Crippen molar-refractivity contribution >= 4 is 65.6 Å². The first-order valence-corrected chi connectivity index (χ1v) is 14.0. The smallest absolute Gasteiger partial charge is 0.253 e. The molecular weight excluding hydrogens is 526 g/mol. The van der Waals surface area contributed by atoms with Crippen molar-refractivity contribution in [2.75, 3.05) is 38.6 Å². The Morgan fingerprint density at radius 3 is 2.65 bits per heavy atom. The Balaban J connectivity index is 1.72. The number of likely N-dealkylation sites (N-methyl/N-ethyl adjacent to an activating group) is 1. The molecule has 13 heteroatoms. The molecular formula is C21H23ClF2N4O3S3. The van der Waals surface area contributed by atoms with E-state index < -0.39 is 33.6 Å². The molecule has 0 saturated carbocycles. The molecule has 1 aliphatic rings. The highest BCUT2D eigenvalue weighted by molar-refractivity contribution is 7.91. The van der Waals surface area contributed by atoms with E-state index in [9.17, 15) is 22.0 Å². The summed E-state index contributed by atoms with van der Waals surface area (Å²) in [6.45, 7) is 0.888. The summed E-state index contributed by atoms with van der Waals surface area (Å²) in [5.41, 5.74) is -0.0228. The number of carbonyl (C=O) groups excluding carboxylic acids is 1. The van der Waals surface area contributed by atoms with Gasteiger partial charge in [-0.15, -0.1) is 11.3 Å². The maximum atomic E-state index is 14.3. The van der Waals surface area contributed by atoms with Gasteiger partial charge in [-0.3, -0.25) is 9.69 Å². The van der Waals surface area contributed by atoms with Crippen LogP contribution < -0.4 is 4.90 Å². The number of carbonyl (C=O) groups is 1. The van der Waals surface area contributed by atoms with Crippen molar-refractivity contribution < 1.29 is 22.0 Å². The second kappa shape index (κ2) is 10.1. The molecule has 0 radical (unpaired) electrons. The zero-order valence-electron chi connectivity index (χ0n) is 18.5. The van der Waals surface area contributed by atoms with E-state index in [-0.39, 0.29) is 32.6 Å². The summed E-state index contributed by atoms with van der Waals surface area (Å²) >= 11 is 7.90. The minimum Gasteiger partial charge on any atom is -0.308 e. The number of anilines is 1. The van der Waals surface area contributed by atoms with Gasteiger partial charge in [0.15, 0.2) is 10.9 Å². The highest BCUT2D eigenvalue weighted by atomic mass is 35.5. The highest BCUT2D eigenvalue weighted by Gasteiger charge is 2.41. The minimum absolute atomic E-state index is 0.0228. The molecule has 2 aromatic heterocycles. The van der Waals surface area contributed by atoms with Crippen LogP contribution in [0, 0.1) is 11.6 Å². The number of fused-ring (bicyclic) bond motifs is 1. The fourth-order valence-electron chi connectivity index (χ4n) is 3.83. The average Bonchev–Trinajstić information content (AvgIpc) is 3.40. The SMILES string of the molecule is CN(C)CCN(C(=O)C1CCCCN1S(=O)(=O)c1ccc(Cl)s1)c1nc2c(F)cc(F)cc2s1. The number of aromatic nitrogens is 1. The molecule has 1 aliphatic heterocycles. The Bertz CT molecular complexity index is 1310. The van der Waals surface area contributed by atoms with Gasteiger partial charge in [0.05, 0.1) is 9.04 Å². The van der Waals surface area contributed by atoms with Crippen LogP contribution in [0.25, 0.3) is 10.2 Å². The van der Waals surface area contributed by atoms with Gasteiger partial charge in [-0.25, -0.2) is 22.2 Å². The van der Waals surface area contributed by atoms with Gasteiger partial charge in [0, 0.05) is 25.7 Å². The Hall–Kier alpha value is -1.70. The summed E-state index contributed by atoms with van der Waals surface area (Å²) in [6.07, 6.45) is 1.67. The van der Waals surface area contributed by atoms with E-state index in [0.717, 1.165) is 28.7 Å². The molecule has 0 bridgehead atoms. The molecule has 0 aliphatic carbocycles. The molecule has 0 spiro atoms. The number of halogens is 3. The van der Waals surface area contributed by atoms with Crippen molar-refractivity contribution in [3.8, 4) is 0 Å². The zero-order valence-corrected chi connectivity index (χ0v) is 21.7. The monoisotopic (exact) mass is 548 g/mol. The number of sulfonamides is 1. The van der Waals surface area contributed by atoms with Crippen molar-refractivity contribution in [1.82, 2.24) is 14.2 Å². The predicted octanol–water partition coefficient (Wildman–Crippen LogP) is 4.43. The van der Waals surface area contributed by atoms with Crippen LogP contribution in [0.4, 0.5) is 13.9 Å². The van der Waals surface area contributed by atoms with Gasteiger partial charge in [0.2, 0.25) is 5.91 Å². The number of thiazole rings is 1. The lowest BCUT2D eigenvalue weighted by Crippen LogP contribution is -2.53. The lowest BCUT2D eigenvalue weighted by molar-refractivity contribution is -0.123. The Kier molecular flexibility index (Phi) is 7.56. The Labute approximate surface area is 209 Å². The number of nitrogens with zero attached hydrogens (tertiary/aromatic N) is 4. The van der Waals surface area contributed by atoms with Crippen LogP contribution in [0.3, 0.4) is 0 Å². The van der Waals surface area contributed by atoms with Gasteiger partial charge in [-0.2, -0.15) is 4.31 Å². The molecule has 184 valence electrons. The van der Waals surface area contributed by atoms with Gasteiger partial charge in [-0.1, -0.05) is 29.4 Å². The third-order valence-electron chi connectivity index (χ3n) is 5.52. The summed E-state index contributed by atoms with van der Waals surface area (Å²) in [7, 11) is -0.254. The number of rotatable bonds is 7. The topological polar surface area (TPSA) is 73.8 Å². The number of amides is 1. The van der Waals surface area contributed by atoms with Crippen molar-refractivity contribution in [2.24, 2.45) is 0 Å². The van der Waals surface area contributed by atoms with Gasteiger partial charge in [0.25, 0.3) is 10.0 Å².